The number of benzene rings is 2. The Morgan fingerprint density at radius 3 is 2.31 bits per heavy atom. The number of carbonyl (C=O) groups is 2. The number of alkyl halides is 1. The number of hydrogen-bond acceptors (Lipinski definition) is 5. The van der Waals surface area contributed by atoms with Crippen molar-refractivity contribution in [3.05, 3.63) is 58.1 Å². The van der Waals surface area contributed by atoms with Crippen molar-refractivity contribution in [2.24, 2.45) is 0 Å². The minimum atomic E-state index is -0.645. The Morgan fingerprint density at radius 2 is 1.62 bits per heavy atom. The van der Waals surface area contributed by atoms with E-state index in [2.05, 4.69) is 5.32 Å². The van der Waals surface area contributed by atoms with E-state index >= 15 is 0 Å². The fraction of sp³-hybridized carbons (Fsp3) is 0.222. The van der Waals surface area contributed by atoms with E-state index in [0.29, 0.717) is 27.0 Å². The first-order valence-electron chi connectivity index (χ1n) is 7.67. The van der Waals surface area contributed by atoms with Gasteiger partial charge in [-0.05, 0) is 23.8 Å². The molecule has 0 fully saturated rings. The van der Waals surface area contributed by atoms with Crippen molar-refractivity contribution < 1.29 is 19.1 Å². The lowest BCUT2D eigenvalue weighted by molar-refractivity contribution is -0.158. The Morgan fingerprint density at radius 1 is 0.923 bits per heavy atom. The van der Waals surface area contributed by atoms with Gasteiger partial charge in [-0.2, -0.15) is 0 Å². The third kappa shape index (κ3) is 6.09. The SMILES string of the molecule is O=C(COC(=O)Cc1ccccc1Nc1c(Cl)cccc1Cl)OCCCl. The van der Waals surface area contributed by atoms with Gasteiger partial charge in [0.25, 0.3) is 0 Å². The molecule has 138 valence electrons. The smallest absolute Gasteiger partial charge is 0.344 e. The average molecular weight is 417 g/mol. The maximum absolute atomic E-state index is 12.0. The van der Waals surface area contributed by atoms with Gasteiger partial charge >= 0.3 is 11.9 Å². The number of esters is 2. The molecule has 26 heavy (non-hydrogen) atoms. The van der Waals surface area contributed by atoms with Gasteiger partial charge in [0.1, 0.15) is 6.61 Å². The normalized spacial score (nSPS) is 10.3. The highest BCUT2D eigenvalue weighted by molar-refractivity contribution is 6.39. The first-order chi connectivity index (χ1) is 12.5. The van der Waals surface area contributed by atoms with Gasteiger partial charge in [0, 0.05) is 5.69 Å². The van der Waals surface area contributed by atoms with Crippen molar-refractivity contribution in [3.8, 4) is 0 Å². The van der Waals surface area contributed by atoms with Gasteiger partial charge in [0.2, 0.25) is 0 Å². The van der Waals surface area contributed by atoms with Crippen molar-refractivity contribution in [3.63, 3.8) is 0 Å². The molecule has 0 aliphatic carbocycles. The number of para-hydroxylation sites is 2. The fourth-order valence-corrected chi connectivity index (χ4v) is 2.66. The summed E-state index contributed by atoms with van der Waals surface area (Å²) in [5.41, 5.74) is 1.87. The minimum Gasteiger partial charge on any atom is -0.462 e. The molecule has 0 atom stereocenters. The molecular formula is C18H16Cl3NO4. The van der Waals surface area contributed by atoms with Gasteiger partial charge in [-0.25, -0.2) is 4.79 Å². The summed E-state index contributed by atoms with van der Waals surface area (Å²) in [6.45, 7) is -0.384. The predicted octanol–water partition coefficient (Wildman–Crippen LogP) is 4.60. The quantitative estimate of drug-likeness (QED) is 0.503. The molecule has 1 N–H and O–H groups in total. The number of halogens is 3. The Bertz CT molecular complexity index is 763. The van der Waals surface area contributed by atoms with Crippen LogP contribution in [-0.4, -0.2) is 31.0 Å². The third-order valence-electron chi connectivity index (χ3n) is 3.27. The molecule has 0 saturated carbocycles. The van der Waals surface area contributed by atoms with Gasteiger partial charge in [-0.3, -0.25) is 4.79 Å². The highest BCUT2D eigenvalue weighted by Crippen LogP contribution is 2.33. The molecule has 5 nitrogen and oxygen atoms in total. The van der Waals surface area contributed by atoms with Crippen LogP contribution in [0.3, 0.4) is 0 Å². The Labute approximate surface area is 166 Å². The van der Waals surface area contributed by atoms with Gasteiger partial charge in [-0.15, -0.1) is 11.6 Å². The number of hydrogen-bond donors (Lipinski definition) is 1. The number of ether oxygens (including phenoxy) is 2. The lowest BCUT2D eigenvalue weighted by Gasteiger charge is -2.14. The third-order valence-corrected chi connectivity index (χ3v) is 4.05. The molecule has 2 rings (SSSR count). The minimum absolute atomic E-state index is 0.0337. The van der Waals surface area contributed by atoms with Crippen LogP contribution in [0.2, 0.25) is 10.0 Å². The number of nitrogens with one attached hydrogen (secondary N) is 1. The second-order valence-corrected chi connectivity index (χ2v) is 6.32. The second kappa shape index (κ2) is 10.3. The summed E-state index contributed by atoms with van der Waals surface area (Å²) >= 11 is 17.7. The standard InChI is InChI=1S/C18H16Cl3NO4/c19-8-9-25-17(24)11-26-16(23)10-12-4-1-2-7-15(12)22-18-13(20)5-3-6-14(18)21/h1-7,22H,8-11H2. The lowest BCUT2D eigenvalue weighted by atomic mass is 10.1. The average Bonchev–Trinajstić information content (AvgIpc) is 2.62. The molecule has 0 aliphatic rings. The Kier molecular flexibility index (Phi) is 8.04. The maximum atomic E-state index is 12.0. The summed E-state index contributed by atoms with van der Waals surface area (Å²) in [7, 11) is 0. The zero-order valence-electron chi connectivity index (χ0n) is 13.6. The van der Waals surface area contributed by atoms with Crippen LogP contribution in [0.25, 0.3) is 0 Å². The van der Waals surface area contributed by atoms with Gasteiger partial charge in [-0.1, -0.05) is 47.5 Å². The summed E-state index contributed by atoms with van der Waals surface area (Å²) in [5.74, 6) is -1.02. The summed E-state index contributed by atoms with van der Waals surface area (Å²) in [6.07, 6.45) is -0.0337. The molecule has 0 amide bonds. The van der Waals surface area contributed by atoms with Gasteiger partial charge in [0.05, 0.1) is 28.0 Å². The highest BCUT2D eigenvalue weighted by Gasteiger charge is 2.13. The van der Waals surface area contributed by atoms with Crippen LogP contribution in [0.1, 0.15) is 5.56 Å². The van der Waals surface area contributed by atoms with Crippen LogP contribution in [0.5, 0.6) is 0 Å². The van der Waals surface area contributed by atoms with E-state index in [0.717, 1.165) is 0 Å². The predicted molar refractivity (Wildman–Crippen MR) is 103 cm³/mol. The molecule has 0 heterocycles. The molecule has 0 aromatic heterocycles. The van der Waals surface area contributed by atoms with E-state index in [1.165, 1.54) is 0 Å². The van der Waals surface area contributed by atoms with E-state index < -0.39 is 18.5 Å². The fourth-order valence-electron chi connectivity index (χ4n) is 2.09. The lowest BCUT2D eigenvalue weighted by Crippen LogP contribution is -2.18. The molecule has 0 unspecified atom stereocenters. The Hall–Kier alpha value is -1.95. The molecule has 2 aromatic carbocycles. The molecular weight excluding hydrogens is 401 g/mol. The summed E-state index contributed by atoms with van der Waals surface area (Å²) in [6, 6.07) is 12.3. The number of anilines is 2. The van der Waals surface area contributed by atoms with Gasteiger partial charge in [0.15, 0.2) is 6.61 Å². The second-order valence-electron chi connectivity index (χ2n) is 5.13. The molecule has 8 heteroatoms. The van der Waals surface area contributed by atoms with Crippen molar-refractivity contribution >= 4 is 58.1 Å². The van der Waals surface area contributed by atoms with Crippen LogP contribution in [0.4, 0.5) is 11.4 Å². The molecule has 0 aliphatic heterocycles. The summed E-state index contributed by atoms with van der Waals surface area (Å²) in [4.78, 5) is 23.3. The number of rotatable bonds is 8. The monoisotopic (exact) mass is 415 g/mol. The van der Waals surface area contributed by atoms with E-state index in [-0.39, 0.29) is 18.9 Å². The van der Waals surface area contributed by atoms with Crippen molar-refractivity contribution in [1.82, 2.24) is 0 Å². The summed E-state index contributed by atoms with van der Waals surface area (Å²) < 4.78 is 9.65. The van der Waals surface area contributed by atoms with E-state index in [4.69, 9.17) is 44.3 Å². The first-order valence-corrected chi connectivity index (χ1v) is 8.96. The highest BCUT2D eigenvalue weighted by atomic mass is 35.5. The van der Waals surface area contributed by atoms with Crippen molar-refractivity contribution in [2.75, 3.05) is 24.4 Å². The van der Waals surface area contributed by atoms with Crippen LogP contribution < -0.4 is 5.32 Å². The van der Waals surface area contributed by atoms with E-state index in [1.807, 2.05) is 6.07 Å². The number of carbonyl (C=O) groups excluding carboxylic acids is 2. The molecule has 0 bridgehead atoms. The first kappa shape index (κ1) is 20.4. The van der Waals surface area contributed by atoms with Crippen LogP contribution >= 0.6 is 34.8 Å². The molecule has 0 radical (unpaired) electrons. The largest absolute Gasteiger partial charge is 0.462 e. The molecule has 0 spiro atoms. The van der Waals surface area contributed by atoms with Crippen LogP contribution in [0.15, 0.2) is 42.5 Å². The topological polar surface area (TPSA) is 64.6 Å². The van der Waals surface area contributed by atoms with Crippen LogP contribution in [0, 0.1) is 0 Å². The van der Waals surface area contributed by atoms with Crippen LogP contribution in [-0.2, 0) is 25.5 Å². The zero-order chi connectivity index (χ0) is 18.9. The molecule has 2 aromatic rings. The van der Waals surface area contributed by atoms with Gasteiger partial charge < -0.3 is 14.8 Å². The zero-order valence-corrected chi connectivity index (χ0v) is 15.9. The van der Waals surface area contributed by atoms with E-state index in [9.17, 15) is 9.59 Å². The molecule has 0 saturated heterocycles. The van der Waals surface area contributed by atoms with E-state index in [1.54, 1.807) is 36.4 Å². The van der Waals surface area contributed by atoms with Crippen molar-refractivity contribution in [2.45, 2.75) is 6.42 Å². The maximum Gasteiger partial charge on any atom is 0.344 e. The summed E-state index contributed by atoms with van der Waals surface area (Å²) in [5, 5.41) is 4.04. The van der Waals surface area contributed by atoms with Crippen molar-refractivity contribution in [1.29, 1.82) is 0 Å². The Balaban J connectivity index is 2.02.